The average molecular weight is 494 g/mol. The lowest BCUT2D eigenvalue weighted by Crippen LogP contribution is -2.42. The molecule has 4 rings (SSSR count). The molecule has 182 valence electrons. The van der Waals surface area contributed by atoms with Crippen LogP contribution in [0.1, 0.15) is 24.6 Å². The van der Waals surface area contributed by atoms with Crippen molar-refractivity contribution in [3.8, 4) is 11.3 Å². The monoisotopic (exact) mass is 493 g/mol. The molecule has 10 heteroatoms. The van der Waals surface area contributed by atoms with Crippen molar-refractivity contribution in [3.05, 3.63) is 76.6 Å². The molecule has 0 aliphatic heterocycles. The average Bonchev–Trinajstić information content (AvgIpc) is 3.53. The van der Waals surface area contributed by atoms with Gasteiger partial charge in [0.2, 0.25) is 5.91 Å². The Balaban J connectivity index is 1.56. The third-order valence-electron chi connectivity index (χ3n) is 5.46. The molecule has 0 fully saturated rings. The van der Waals surface area contributed by atoms with Crippen molar-refractivity contribution in [2.75, 3.05) is 17.7 Å². The molecule has 0 aliphatic rings. The lowest BCUT2D eigenvalue weighted by Gasteiger charge is -2.18. The number of nitrogens with one attached hydrogen (secondary N) is 3. The second-order valence-corrected chi connectivity index (χ2v) is 8.77. The number of carbonyl (C=O) groups is 1. The van der Waals surface area contributed by atoms with Crippen LogP contribution in [0.2, 0.25) is 0 Å². The Bertz CT molecular complexity index is 1240. The molecule has 0 saturated heterocycles. The van der Waals surface area contributed by atoms with Crippen LogP contribution in [-0.4, -0.2) is 38.7 Å². The van der Waals surface area contributed by atoms with E-state index in [-0.39, 0.29) is 11.7 Å². The van der Waals surface area contributed by atoms with Crippen LogP contribution >= 0.6 is 11.3 Å². The highest BCUT2D eigenvalue weighted by atomic mass is 32.1. The van der Waals surface area contributed by atoms with Crippen LogP contribution in [0.3, 0.4) is 0 Å². The summed E-state index contributed by atoms with van der Waals surface area (Å²) in [6.45, 7) is 3.17. The van der Waals surface area contributed by atoms with Crippen molar-refractivity contribution in [2.24, 2.45) is 0 Å². The molecular weight excluding hydrogens is 465 g/mol. The molecule has 0 saturated carbocycles. The Kier molecular flexibility index (Phi) is 8.17. The van der Waals surface area contributed by atoms with Crippen molar-refractivity contribution in [1.82, 2.24) is 25.1 Å². The predicted molar refractivity (Wildman–Crippen MR) is 137 cm³/mol. The maximum Gasteiger partial charge on any atom is 0.243 e. The quantitative estimate of drug-likeness (QED) is 0.288. The third kappa shape index (κ3) is 6.49. The van der Waals surface area contributed by atoms with E-state index in [0.29, 0.717) is 25.3 Å². The van der Waals surface area contributed by atoms with Gasteiger partial charge >= 0.3 is 0 Å². The highest BCUT2D eigenvalue weighted by Gasteiger charge is 2.21. The number of pyridine rings is 1. The Morgan fingerprint density at radius 2 is 2.00 bits per heavy atom. The molecule has 1 aromatic carbocycles. The van der Waals surface area contributed by atoms with E-state index < -0.39 is 6.04 Å². The van der Waals surface area contributed by atoms with Crippen LogP contribution < -0.4 is 16.0 Å². The van der Waals surface area contributed by atoms with E-state index in [9.17, 15) is 9.18 Å². The number of hydrogen-bond acceptors (Lipinski definition) is 7. The summed E-state index contributed by atoms with van der Waals surface area (Å²) in [5.41, 5.74) is 5.13. The van der Waals surface area contributed by atoms with E-state index in [4.69, 9.17) is 5.10 Å². The minimum atomic E-state index is -0.549. The maximum atomic E-state index is 13.4. The Morgan fingerprint density at radius 1 is 1.17 bits per heavy atom. The molecule has 8 nitrogen and oxygen atoms in total. The molecule has 0 aliphatic carbocycles. The smallest absolute Gasteiger partial charge is 0.243 e. The number of anilines is 2. The lowest BCUT2D eigenvalue weighted by atomic mass is 10.0. The summed E-state index contributed by atoms with van der Waals surface area (Å²) in [7, 11) is 1.81. The van der Waals surface area contributed by atoms with Crippen molar-refractivity contribution in [2.45, 2.75) is 38.9 Å². The van der Waals surface area contributed by atoms with E-state index in [1.807, 2.05) is 35.3 Å². The van der Waals surface area contributed by atoms with Crippen LogP contribution in [0.4, 0.5) is 16.0 Å². The fraction of sp³-hybridized carbons (Fsp3) is 0.280. The van der Waals surface area contributed by atoms with Gasteiger partial charge in [0, 0.05) is 43.3 Å². The first-order chi connectivity index (χ1) is 17.1. The van der Waals surface area contributed by atoms with Gasteiger partial charge in [0.05, 0.1) is 22.9 Å². The van der Waals surface area contributed by atoms with Gasteiger partial charge in [0.25, 0.3) is 0 Å². The topological polar surface area (TPSA) is 96.8 Å². The number of thiazole rings is 1. The van der Waals surface area contributed by atoms with Gasteiger partial charge in [-0.15, -0.1) is 11.3 Å². The number of halogens is 1. The molecule has 0 radical (unpaired) electrons. The molecule has 4 aromatic rings. The zero-order valence-corrected chi connectivity index (χ0v) is 20.5. The summed E-state index contributed by atoms with van der Waals surface area (Å²) in [4.78, 5) is 22.0. The van der Waals surface area contributed by atoms with Crippen LogP contribution in [0.15, 0.2) is 59.6 Å². The van der Waals surface area contributed by atoms with Gasteiger partial charge in [-0.2, -0.15) is 5.10 Å². The zero-order valence-electron chi connectivity index (χ0n) is 19.7. The molecule has 0 spiro atoms. The molecule has 3 N–H and O–H groups in total. The number of aromatic nitrogens is 4. The number of benzene rings is 1. The van der Waals surface area contributed by atoms with Crippen LogP contribution in [-0.2, 0) is 24.3 Å². The molecule has 3 heterocycles. The largest absolute Gasteiger partial charge is 0.373 e. The summed E-state index contributed by atoms with van der Waals surface area (Å²) in [6, 6.07) is 11.3. The van der Waals surface area contributed by atoms with Gasteiger partial charge in [0.15, 0.2) is 0 Å². The summed E-state index contributed by atoms with van der Waals surface area (Å²) in [5.74, 6) is 0.857. The van der Waals surface area contributed by atoms with Gasteiger partial charge in [-0.3, -0.25) is 10.1 Å². The lowest BCUT2D eigenvalue weighted by molar-refractivity contribution is -0.118. The Morgan fingerprint density at radius 3 is 2.71 bits per heavy atom. The van der Waals surface area contributed by atoms with Gasteiger partial charge < -0.3 is 10.6 Å². The first kappa shape index (κ1) is 24.5. The van der Waals surface area contributed by atoms with Crippen LogP contribution in [0.25, 0.3) is 11.3 Å². The number of hydrogen-bond donors (Lipinski definition) is 3. The highest BCUT2D eigenvalue weighted by molar-refractivity contribution is 7.07. The second kappa shape index (κ2) is 11.7. The fourth-order valence-corrected chi connectivity index (χ4v) is 4.21. The van der Waals surface area contributed by atoms with Gasteiger partial charge in [0.1, 0.15) is 17.5 Å². The summed E-state index contributed by atoms with van der Waals surface area (Å²) < 4.78 is 15.2. The van der Waals surface area contributed by atoms with Crippen molar-refractivity contribution >= 4 is 28.9 Å². The van der Waals surface area contributed by atoms with Gasteiger partial charge in [-0.05, 0) is 42.7 Å². The number of nitrogens with zero attached hydrogens (tertiary/aromatic N) is 4. The second-order valence-electron chi connectivity index (χ2n) is 8.05. The number of amides is 1. The molecule has 1 amide bonds. The van der Waals surface area contributed by atoms with Crippen molar-refractivity contribution < 1.29 is 9.18 Å². The highest BCUT2D eigenvalue weighted by Crippen LogP contribution is 2.24. The van der Waals surface area contributed by atoms with Crippen molar-refractivity contribution in [3.63, 3.8) is 0 Å². The number of carbonyl (C=O) groups excluding carboxylic acids is 1. The third-order valence-corrected chi connectivity index (χ3v) is 6.10. The molecular formula is C25H28FN7OS. The Hall–Kier alpha value is -3.63. The summed E-state index contributed by atoms with van der Waals surface area (Å²) in [6.07, 6.45) is 2.99. The van der Waals surface area contributed by atoms with E-state index in [2.05, 4.69) is 32.8 Å². The molecule has 1 unspecified atom stereocenters. The molecule has 35 heavy (non-hydrogen) atoms. The van der Waals surface area contributed by atoms with Gasteiger partial charge in [-0.25, -0.2) is 19.0 Å². The first-order valence-electron chi connectivity index (χ1n) is 11.4. The molecule has 1 atom stereocenters. The molecule has 3 aromatic heterocycles. The first-order valence-corrected chi connectivity index (χ1v) is 12.4. The molecule has 0 bridgehead atoms. The number of rotatable bonds is 11. The summed E-state index contributed by atoms with van der Waals surface area (Å²) in [5, 5.41) is 16.0. The Labute approximate surface area is 207 Å². The number of aryl methyl sites for hydroxylation is 1. The van der Waals surface area contributed by atoms with E-state index >= 15 is 0 Å². The van der Waals surface area contributed by atoms with Crippen LogP contribution in [0, 0.1) is 5.82 Å². The minimum absolute atomic E-state index is 0.195. The van der Waals surface area contributed by atoms with Crippen LogP contribution in [0.5, 0.6) is 0 Å². The normalized spacial score (nSPS) is 11.9. The van der Waals surface area contributed by atoms with Gasteiger partial charge in [-0.1, -0.05) is 19.1 Å². The van der Waals surface area contributed by atoms with E-state index in [0.717, 1.165) is 34.8 Å². The minimum Gasteiger partial charge on any atom is -0.373 e. The maximum absolute atomic E-state index is 13.4. The van der Waals surface area contributed by atoms with Crippen molar-refractivity contribution in [1.29, 1.82) is 0 Å². The SMILES string of the molecule is CCCn1nc(-c2ccnc(NC)c2)cc1NC(=O)C(Cc1ccc(F)cc1)NCc1cscn1. The standard InChI is InChI=1S/C25H28FN7OS/c1-3-10-33-24(13-21(32-33)18-8-9-28-23(12-18)27-2)31-25(34)22(29-14-20-15-35-16-30-20)11-17-4-6-19(26)7-5-17/h4-9,12-13,15-16,22,29H,3,10-11,14H2,1-2H3,(H,27,28)(H,31,34). The van der Waals surface area contributed by atoms with E-state index in [1.54, 1.807) is 23.8 Å². The summed E-state index contributed by atoms with van der Waals surface area (Å²) >= 11 is 1.50. The predicted octanol–water partition coefficient (Wildman–Crippen LogP) is 4.33. The fourth-order valence-electron chi connectivity index (χ4n) is 3.65. The zero-order chi connectivity index (χ0) is 24.6. The van der Waals surface area contributed by atoms with E-state index in [1.165, 1.54) is 23.5 Å².